The molecule has 0 saturated heterocycles. The highest BCUT2D eigenvalue weighted by molar-refractivity contribution is 5.80. The highest BCUT2D eigenvalue weighted by atomic mass is 19.4. The monoisotopic (exact) mass is 502 g/mol. The topological polar surface area (TPSA) is 82.2 Å². The van der Waals surface area contributed by atoms with Crippen LogP contribution in [0.1, 0.15) is 62.6 Å². The molecule has 10 heteroatoms. The number of fused-ring (bicyclic) bond motifs is 1. The van der Waals surface area contributed by atoms with Gasteiger partial charge in [0.25, 0.3) is 0 Å². The van der Waals surface area contributed by atoms with Crippen LogP contribution in [0, 0.1) is 11.8 Å². The number of nitrogens with one attached hydrogen (secondary N) is 3. The number of nitrogens with zero attached hydrogens (tertiary/aromatic N) is 3. The number of carbonyl (C=O) groups is 1. The first-order chi connectivity index (χ1) is 17.2. The minimum absolute atomic E-state index is 0.0348. The number of anilines is 3. The Morgan fingerprint density at radius 2 is 1.92 bits per heavy atom. The molecule has 3 N–H and O–H groups in total. The normalized spacial score (nSPS) is 22.1. The number of benzene rings is 1. The van der Waals surface area contributed by atoms with E-state index in [0.717, 1.165) is 43.9 Å². The van der Waals surface area contributed by atoms with Gasteiger partial charge in [0, 0.05) is 43.6 Å². The molecule has 2 saturated carbocycles. The molecule has 7 nitrogen and oxygen atoms in total. The molecule has 5 rings (SSSR count). The van der Waals surface area contributed by atoms with Crippen molar-refractivity contribution in [2.75, 3.05) is 17.2 Å². The lowest BCUT2D eigenvalue weighted by Gasteiger charge is -2.24. The Kier molecular flexibility index (Phi) is 6.80. The fourth-order valence-electron chi connectivity index (χ4n) is 5.24. The molecule has 1 aromatic carbocycles. The summed E-state index contributed by atoms with van der Waals surface area (Å²) in [6, 6.07) is 5.54. The second kappa shape index (κ2) is 9.88. The molecule has 194 valence electrons. The Morgan fingerprint density at radius 1 is 1.14 bits per heavy atom. The minimum Gasteiger partial charge on any atom is -0.366 e. The lowest BCUT2D eigenvalue weighted by molar-refractivity contribution is -0.137. The van der Waals surface area contributed by atoms with Crippen molar-refractivity contribution in [1.29, 1.82) is 0 Å². The van der Waals surface area contributed by atoms with Crippen LogP contribution in [-0.4, -0.2) is 39.4 Å². The fourth-order valence-corrected chi connectivity index (χ4v) is 5.24. The van der Waals surface area contributed by atoms with E-state index in [0.29, 0.717) is 12.8 Å². The smallest absolute Gasteiger partial charge is 0.366 e. The van der Waals surface area contributed by atoms with Crippen molar-refractivity contribution in [3.05, 3.63) is 41.1 Å². The Morgan fingerprint density at radius 3 is 2.64 bits per heavy atom. The summed E-state index contributed by atoms with van der Waals surface area (Å²) in [7, 11) is 0. The third-order valence-electron chi connectivity index (χ3n) is 7.16. The second-order valence-electron chi connectivity index (χ2n) is 10.6. The van der Waals surface area contributed by atoms with Crippen LogP contribution in [-0.2, 0) is 24.1 Å². The fraction of sp³-hybridized carbons (Fsp3) is 0.577. The average molecular weight is 503 g/mol. The van der Waals surface area contributed by atoms with E-state index < -0.39 is 23.7 Å². The maximum absolute atomic E-state index is 13.8. The van der Waals surface area contributed by atoms with E-state index in [2.05, 4.69) is 36.9 Å². The van der Waals surface area contributed by atoms with E-state index in [9.17, 15) is 18.0 Å². The van der Waals surface area contributed by atoms with E-state index in [-0.39, 0.29) is 23.7 Å². The number of halogens is 3. The van der Waals surface area contributed by atoms with Crippen molar-refractivity contribution in [2.24, 2.45) is 11.8 Å². The van der Waals surface area contributed by atoms with E-state index in [1.165, 1.54) is 24.0 Å². The number of alkyl halides is 3. The van der Waals surface area contributed by atoms with E-state index in [1.54, 1.807) is 0 Å². The molecular weight excluding hydrogens is 469 g/mol. The number of rotatable bonds is 8. The molecule has 2 fully saturated rings. The quantitative estimate of drug-likeness (QED) is 0.468. The van der Waals surface area contributed by atoms with Crippen molar-refractivity contribution >= 4 is 23.4 Å². The van der Waals surface area contributed by atoms with Crippen LogP contribution < -0.4 is 16.0 Å². The summed E-state index contributed by atoms with van der Waals surface area (Å²) < 4.78 is 41.3. The largest absolute Gasteiger partial charge is 0.421 e. The van der Waals surface area contributed by atoms with Gasteiger partial charge in [-0.15, -0.1) is 0 Å². The third kappa shape index (κ3) is 5.74. The van der Waals surface area contributed by atoms with Gasteiger partial charge in [0.05, 0.1) is 5.92 Å². The summed E-state index contributed by atoms with van der Waals surface area (Å²) in [5, 5.41) is 8.89. The highest BCUT2D eigenvalue weighted by Crippen LogP contribution is 2.37. The number of carbonyl (C=O) groups excluding carboxylic acids is 1. The van der Waals surface area contributed by atoms with Gasteiger partial charge in [0.2, 0.25) is 11.9 Å². The van der Waals surface area contributed by atoms with Gasteiger partial charge >= 0.3 is 6.18 Å². The lowest BCUT2D eigenvalue weighted by atomic mass is 10.0. The van der Waals surface area contributed by atoms with Gasteiger partial charge in [0.1, 0.15) is 11.4 Å². The third-order valence-corrected chi connectivity index (χ3v) is 7.16. The van der Waals surface area contributed by atoms with E-state index in [1.807, 2.05) is 26.0 Å². The summed E-state index contributed by atoms with van der Waals surface area (Å²) in [4.78, 5) is 23.2. The second-order valence-corrected chi connectivity index (χ2v) is 10.6. The average Bonchev–Trinajstić information content (AvgIpc) is 3.32. The van der Waals surface area contributed by atoms with Crippen molar-refractivity contribution in [3.63, 3.8) is 0 Å². The van der Waals surface area contributed by atoms with Gasteiger partial charge in [-0.25, -0.2) is 4.98 Å². The maximum atomic E-state index is 13.8. The summed E-state index contributed by atoms with van der Waals surface area (Å²) in [5.41, 5.74) is 2.30. The number of aromatic nitrogens is 2. The molecule has 36 heavy (non-hydrogen) atoms. The van der Waals surface area contributed by atoms with Crippen LogP contribution in [0.5, 0.6) is 0 Å². The highest BCUT2D eigenvalue weighted by Gasteiger charge is 2.39. The first kappa shape index (κ1) is 24.8. The zero-order valence-corrected chi connectivity index (χ0v) is 20.7. The molecule has 2 aliphatic carbocycles. The van der Waals surface area contributed by atoms with E-state index >= 15 is 0 Å². The Labute approximate surface area is 209 Å². The SMILES string of the molecule is CC(C)NC(=O)C1CCCC1Nc1nc(Nc2ccc3c(c2)CN(CC2CC2)C3)ncc1C(F)(F)F. The first-order valence-corrected chi connectivity index (χ1v) is 12.8. The molecular formula is C26H33F3N6O. The van der Waals surface area contributed by atoms with Crippen LogP contribution in [0.2, 0.25) is 0 Å². The molecule has 0 radical (unpaired) electrons. The zero-order valence-electron chi connectivity index (χ0n) is 20.7. The van der Waals surface area contributed by atoms with Gasteiger partial charge < -0.3 is 16.0 Å². The molecule has 2 heterocycles. The van der Waals surface area contributed by atoms with Gasteiger partial charge in [-0.1, -0.05) is 12.5 Å². The molecule has 1 amide bonds. The maximum Gasteiger partial charge on any atom is 0.421 e. The molecule has 0 spiro atoms. The number of hydrogen-bond acceptors (Lipinski definition) is 6. The molecule has 2 unspecified atom stereocenters. The van der Waals surface area contributed by atoms with Crippen LogP contribution in [0.15, 0.2) is 24.4 Å². The van der Waals surface area contributed by atoms with Crippen LogP contribution in [0.4, 0.5) is 30.6 Å². The predicted octanol–water partition coefficient (Wildman–Crippen LogP) is 5.07. The molecule has 2 aromatic rings. The van der Waals surface area contributed by atoms with Gasteiger partial charge in [-0.05, 0) is 68.7 Å². The lowest BCUT2D eigenvalue weighted by Crippen LogP contribution is -2.41. The summed E-state index contributed by atoms with van der Waals surface area (Å²) in [6.45, 7) is 6.66. The molecule has 1 aromatic heterocycles. The zero-order chi connectivity index (χ0) is 25.4. The van der Waals surface area contributed by atoms with Crippen molar-refractivity contribution in [2.45, 2.75) is 77.3 Å². The number of amides is 1. The van der Waals surface area contributed by atoms with Crippen LogP contribution >= 0.6 is 0 Å². The van der Waals surface area contributed by atoms with Gasteiger partial charge in [0.15, 0.2) is 0 Å². The Balaban J connectivity index is 1.33. The molecule has 1 aliphatic heterocycles. The van der Waals surface area contributed by atoms with Crippen molar-refractivity contribution in [1.82, 2.24) is 20.2 Å². The molecule has 3 aliphatic rings. The van der Waals surface area contributed by atoms with Crippen molar-refractivity contribution in [3.8, 4) is 0 Å². The standard InChI is InChI=1S/C26H33F3N6O/c1-15(2)31-24(36)20-4-3-5-22(20)33-23-21(26(27,28)29)11-30-25(34-23)32-19-9-8-17-13-35(12-16-6-7-16)14-18(17)10-19/h8-11,15-16,20,22H,3-7,12-14H2,1-2H3,(H,31,36)(H2,30,32,33,34). The predicted molar refractivity (Wildman–Crippen MR) is 132 cm³/mol. The minimum atomic E-state index is -4.62. The van der Waals surface area contributed by atoms with Crippen LogP contribution in [0.25, 0.3) is 0 Å². The summed E-state index contributed by atoms with van der Waals surface area (Å²) >= 11 is 0. The Hall–Kier alpha value is -2.88. The van der Waals surface area contributed by atoms with Gasteiger partial charge in [-0.2, -0.15) is 18.2 Å². The van der Waals surface area contributed by atoms with E-state index in [4.69, 9.17) is 0 Å². The molecule has 2 atom stereocenters. The summed E-state index contributed by atoms with van der Waals surface area (Å²) in [5.74, 6) is 0.0507. The van der Waals surface area contributed by atoms with Crippen LogP contribution in [0.3, 0.4) is 0 Å². The molecule has 0 bridgehead atoms. The van der Waals surface area contributed by atoms with Crippen molar-refractivity contribution < 1.29 is 18.0 Å². The number of hydrogen-bond donors (Lipinski definition) is 3. The first-order valence-electron chi connectivity index (χ1n) is 12.8. The Bertz CT molecular complexity index is 1120. The summed E-state index contributed by atoms with van der Waals surface area (Å²) in [6.07, 6.45) is 0.798. The van der Waals surface area contributed by atoms with Gasteiger partial charge in [-0.3, -0.25) is 9.69 Å².